The first kappa shape index (κ1) is 23.3. The first-order chi connectivity index (χ1) is 16.0. The van der Waals surface area contributed by atoms with Crippen LogP contribution in [0.25, 0.3) is 0 Å². The average molecular weight is 447 g/mol. The van der Waals surface area contributed by atoms with Gasteiger partial charge in [-0.25, -0.2) is 5.43 Å². The number of hydrogen-bond donors (Lipinski definition) is 2. The highest BCUT2D eigenvalue weighted by molar-refractivity contribution is 5.95. The van der Waals surface area contributed by atoms with Crippen LogP contribution < -0.4 is 25.4 Å². The smallest absolute Gasteiger partial charge is 0.271 e. The molecule has 0 saturated carbocycles. The number of nitrogens with two attached hydrogens (primary N) is 1. The maximum Gasteiger partial charge on any atom is 0.271 e. The van der Waals surface area contributed by atoms with E-state index in [9.17, 15) is 9.59 Å². The number of ether oxygens (including phenoxy) is 3. The summed E-state index contributed by atoms with van der Waals surface area (Å²) in [5, 5.41) is 3.98. The zero-order valence-corrected chi connectivity index (χ0v) is 18.2. The zero-order chi connectivity index (χ0) is 23.5. The zero-order valence-electron chi connectivity index (χ0n) is 18.2. The Balaban J connectivity index is 1.59. The molecule has 0 fully saturated rings. The van der Waals surface area contributed by atoms with Gasteiger partial charge in [-0.2, -0.15) is 5.10 Å². The van der Waals surface area contributed by atoms with E-state index in [1.54, 1.807) is 42.5 Å². The third kappa shape index (κ3) is 7.39. The first-order valence-corrected chi connectivity index (χ1v) is 10.3. The van der Waals surface area contributed by atoms with Crippen LogP contribution in [-0.2, 0) is 11.4 Å². The average Bonchev–Trinajstić information content (AvgIpc) is 2.83. The van der Waals surface area contributed by atoms with Crippen LogP contribution in [0.4, 0.5) is 0 Å². The van der Waals surface area contributed by atoms with Crippen LogP contribution in [0.1, 0.15) is 28.4 Å². The molecule has 33 heavy (non-hydrogen) atoms. The molecular formula is C25H25N3O5. The molecule has 0 aliphatic carbocycles. The number of amides is 2. The third-order valence-corrected chi connectivity index (χ3v) is 4.38. The largest absolute Gasteiger partial charge is 0.490 e. The molecule has 8 heteroatoms. The van der Waals surface area contributed by atoms with Crippen LogP contribution in [0.2, 0.25) is 0 Å². The van der Waals surface area contributed by atoms with Gasteiger partial charge in [-0.1, -0.05) is 30.3 Å². The molecule has 3 aromatic carbocycles. The molecule has 8 nitrogen and oxygen atoms in total. The van der Waals surface area contributed by atoms with Crippen LogP contribution in [0.15, 0.2) is 77.9 Å². The van der Waals surface area contributed by atoms with Crippen LogP contribution in [0.5, 0.6) is 17.2 Å². The van der Waals surface area contributed by atoms with Crippen LogP contribution in [-0.4, -0.2) is 31.2 Å². The van der Waals surface area contributed by atoms with E-state index < -0.39 is 5.91 Å². The van der Waals surface area contributed by atoms with Gasteiger partial charge in [0.1, 0.15) is 12.4 Å². The Labute approximate surface area is 192 Å². The number of carbonyl (C=O) groups excluding carboxylic acids is 2. The Morgan fingerprint density at radius 1 is 0.939 bits per heavy atom. The van der Waals surface area contributed by atoms with Gasteiger partial charge >= 0.3 is 0 Å². The Hall–Kier alpha value is -4.33. The molecule has 2 amide bonds. The molecule has 3 N–H and O–H groups in total. The highest BCUT2D eigenvalue weighted by Crippen LogP contribution is 2.29. The molecule has 0 aliphatic rings. The van der Waals surface area contributed by atoms with Gasteiger partial charge in [0, 0.05) is 5.56 Å². The molecule has 0 bridgehead atoms. The molecule has 0 spiro atoms. The quantitative estimate of drug-likeness (QED) is 0.346. The van der Waals surface area contributed by atoms with Gasteiger partial charge in [0.2, 0.25) is 0 Å². The molecule has 3 rings (SSSR count). The molecular weight excluding hydrogens is 422 g/mol. The Morgan fingerprint density at radius 3 is 2.39 bits per heavy atom. The SMILES string of the molecule is CCOc1cc(C(=O)NN=Cc2ccc(OCC(N)=O)cc2)ccc1OCc1ccccc1. The number of hydrazone groups is 1. The fraction of sp³-hybridized carbons (Fsp3) is 0.160. The molecule has 0 radical (unpaired) electrons. The Bertz CT molecular complexity index is 1100. The minimum atomic E-state index is -0.549. The van der Waals surface area contributed by atoms with Crippen molar-refractivity contribution in [1.82, 2.24) is 5.43 Å². The topological polar surface area (TPSA) is 112 Å². The lowest BCUT2D eigenvalue weighted by Crippen LogP contribution is -2.20. The Morgan fingerprint density at radius 2 is 1.70 bits per heavy atom. The number of nitrogens with zero attached hydrogens (tertiary/aromatic N) is 1. The van der Waals surface area contributed by atoms with E-state index in [0.717, 1.165) is 11.1 Å². The van der Waals surface area contributed by atoms with E-state index in [0.29, 0.717) is 36.0 Å². The summed E-state index contributed by atoms with van der Waals surface area (Å²) < 4.78 is 16.7. The maximum absolute atomic E-state index is 12.5. The number of nitrogens with one attached hydrogen (secondary N) is 1. The molecule has 0 heterocycles. The van der Waals surface area contributed by atoms with Crippen molar-refractivity contribution >= 4 is 18.0 Å². The minimum Gasteiger partial charge on any atom is -0.490 e. The van der Waals surface area contributed by atoms with Gasteiger partial charge in [-0.05, 0) is 60.5 Å². The number of primary amides is 1. The second-order valence-corrected chi connectivity index (χ2v) is 6.89. The summed E-state index contributed by atoms with van der Waals surface area (Å²) in [6, 6.07) is 21.6. The Kier molecular flexibility index (Phi) is 8.41. The molecule has 0 aromatic heterocycles. The number of benzene rings is 3. The van der Waals surface area contributed by atoms with Crippen molar-refractivity contribution in [2.24, 2.45) is 10.8 Å². The molecule has 0 saturated heterocycles. The summed E-state index contributed by atoms with van der Waals surface area (Å²) in [6.45, 7) is 2.50. The summed E-state index contributed by atoms with van der Waals surface area (Å²) >= 11 is 0. The standard InChI is InChI=1S/C25H25N3O5/c1-2-31-23-14-20(10-13-22(23)33-16-19-6-4-3-5-7-19)25(30)28-27-15-18-8-11-21(12-9-18)32-17-24(26)29/h3-15H,2,16-17H2,1H3,(H2,26,29)(H,28,30). The summed E-state index contributed by atoms with van der Waals surface area (Å²) in [6.07, 6.45) is 1.50. The lowest BCUT2D eigenvalue weighted by atomic mass is 10.2. The van der Waals surface area contributed by atoms with Gasteiger partial charge in [-0.15, -0.1) is 0 Å². The van der Waals surface area contributed by atoms with E-state index in [1.807, 2.05) is 37.3 Å². The van der Waals surface area contributed by atoms with Gasteiger partial charge in [0.05, 0.1) is 12.8 Å². The van der Waals surface area contributed by atoms with E-state index in [2.05, 4.69) is 10.5 Å². The van der Waals surface area contributed by atoms with Crippen molar-refractivity contribution < 1.29 is 23.8 Å². The van der Waals surface area contributed by atoms with Gasteiger partial charge in [0.25, 0.3) is 11.8 Å². The van der Waals surface area contributed by atoms with Crippen molar-refractivity contribution in [3.05, 3.63) is 89.5 Å². The van der Waals surface area contributed by atoms with E-state index in [-0.39, 0.29) is 12.5 Å². The minimum absolute atomic E-state index is 0.191. The van der Waals surface area contributed by atoms with Crippen LogP contribution in [0.3, 0.4) is 0 Å². The normalized spacial score (nSPS) is 10.6. The fourth-order valence-corrected chi connectivity index (χ4v) is 2.81. The monoisotopic (exact) mass is 447 g/mol. The molecule has 3 aromatic rings. The first-order valence-electron chi connectivity index (χ1n) is 10.3. The predicted molar refractivity (Wildman–Crippen MR) is 125 cm³/mol. The van der Waals surface area contributed by atoms with Crippen LogP contribution in [0, 0.1) is 0 Å². The molecule has 0 unspecified atom stereocenters. The van der Waals surface area contributed by atoms with Crippen LogP contribution >= 0.6 is 0 Å². The highest BCUT2D eigenvalue weighted by atomic mass is 16.5. The van der Waals surface area contributed by atoms with E-state index >= 15 is 0 Å². The van der Waals surface area contributed by atoms with Crippen molar-refractivity contribution in [2.45, 2.75) is 13.5 Å². The van der Waals surface area contributed by atoms with E-state index in [1.165, 1.54) is 6.21 Å². The number of carbonyl (C=O) groups is 2. The van der Waals surface area contributed by atoms with Gasteiger partial charge < -0.3 is 19.9 Å². The summed E-state index contributed by atoms with van der Waals surface area (Å²) in [5.74, 6) is 0.610. The number of rotatable bonds is 11. The van der Waals surface area contributed by atoms with E-state index in [4.69, 9.17) is 19.9 Å². The summed E-state index contributed by atoms with van der Waals surface area (Å²) in [5.41, 5.74) is 9.69. The highest BCUT2D eigenvalue weighted by Gasteiger charge is 2.11. The number of hydrogen-bond acceptors (Lipinski definition) is 6. The molecule has 0 aliphatic heterocycles. The van der Waals surface area contributed by atoms with Crippen molar-refractivity contribution in [2.75, 3.05) is 13.2 Å². The molecule has 0 atom stereocenters. The van der Waals surface area contributed by atoms with Crippen molar-refractivity contribution in [1.29, 1.82) is 0 Å². The van der Waals surface area contributed by atoms with Gasteiger partial charge in [-0.3, -0.25) is 9.59 Å². The van der Waals surface area contributed by atoms with Crippen molar-refractivity contribution in [3.8, 4) is 17.2 Å². The maximum atomic E-state index is 12.5. The summed E-state index contributed by atoms with van der Waals surface area (Å²) in [4.78, 5) is 23.3. The predicted octanol–water partition coefficient (Wildman–Crippen LogP) is 3.29. The summed E-state index contributed by atoms with van der Waals surface area (Å²) in [7, 11) is 0. The lowest BCUT2D eigenvalue weighted by Gasteiger charge is -2.13. The second kappa shape index (κ2) is 11.9. The molecule has 170 valence electrons. The lowest BCUT2D eigenvalue weighted by molar-refractivity contribution is -0.119. The second-order valence-electron chi connectivity index (χ2n) is 6.89. The fourth-order valence-electron chi connectivity index (χ4n) is 2.81. The third-order valence-electron chi connectivity index (χ3n) is 4.38. The van der Waals surface area contributed by atoms with Crippen molar-refractivity contribution in [3.63, 3.8) is 0 Å². The van der Waals surface area contributed by atoms with Gasteiger partial charge in [0.15, 0.2) is 18.1 Å².